The normalized spacial score (nSPS) is 17.8. The van der Waals surface area contributed by atoms with Gasteiger partial charge in [-0.15, -0.1) is 0 Å². The Labute approximate surface area is 237 Å². The van der Waals surface area contributed by atoms with Crippen LogP contribution in [0.5, 0.6) is 0 Å². The van der Waals surface area contributed by atoms with Crippen LogP contribution in [-0.4, -0.2) is 56.3 Å². The second-order valence-corrected chi connectivity index (χ2v) is 11.5. The average molecular weight is 560 g/mol. The van der Waals surface area contributed by atoms with Crippen LogP contribution in [0.25, 0.3) is 22.0 Å². The number of halogens is 2. The Morgan fingerprint density at radius 3 is 2.73 bits per heavy atom. The van der Waals surface area contributed by atoms with Crippen molar-refractivity contribution in [2.45, 2.75) is 58.0 Å². The quantitative estimate of drug-likeness (QED) is 0.368. The molecule has 4 aromatic rings. The summed E-state index contributed by atoms with van der Waals surface area (Å²) in [5.41, 5.74) is 6.39. The number of nitrogens with zero attached hydrogens (tertiary/aromatic N) is 6. The minimum Gasteiger partial charge on any atom is -0.350 e. The third kappa shape index (κ3) is 4.39. The van der Waals surface area contributed by atoms with Gasteiger partial charge in [-0.05, 0) is 68.1 Å². The Morgan fingerprint density at radius 2 is 1.95 bits per heavy atom. The Kier molecular flexibility index (Phi) is 6.53. The lowest BCUT2D eigenvalue weighted by atomic mass is 9.91. The van der Waals surface area contributed by atoms with Crippen LogP contribution in [0, 0.1) is 0 Å². The highest BCUT2D eigenvalue weighted by Crippen LogP contribution is 2.44. The van der Waals surface area contributed by atoms with E-state index in [-0.39, 0.29) is 11.5 Å². The van der Waals surface area contributed by atoms with Crippen LogP contribution in [0.3, 0.4) is 0 Å². The number of hydrogen-bond donors (Lipinski definition) is 1. The molecule has 1 fully saturated rings. The Balaban J connectivity index is 1.37. The van der Waals surface area contributed by atoms with Crippen molar-refractivity contribution in [3.8, 4) is 11.1 Å². The number of piperidine rings is 1. The number of hydrogen-bond acceptors (Lipinski definition) is 5. The van der Waals surface area contributed by atoms with E-state index in [2.05, 4.69) is 19.9 Å². The minimum atomic E-state index is -2.64. The number of benzene rings is 1. The molecular weight excluding hydrogens is 524 g/mol. The first-order valence-corrected chi connectivity index (χ1v) is 14.6. The standard InChI is InChI=1S/C31H35F2N7O/c1-19(41)38-13-8-28-26(18-38)31(36-40(28)21-5-9-34-10-6-21)39-12-3-4-20-14-22(23(30(32)33)15-29(20)39)25-17-37(2)27-7-11-35-16-24(25)27/h7,11,14-17,21,30,34H,3-6,8-10,12-13,18H2,1-2H3. The zero-order valence-electron chi connectivity index (χ0n) is 23.5. The number of amides is 1. The Hall–Kier alpha value is -3.79. The molecule has 1 N–H and O–H groups in total. The van der Waals surface area contributed by atoms with E-state index in [1.54, 1.807) is 25.4 Å². The number of alkyl halides is 2. The van der Waals surface area contributed by atoms with Crippen LogP contribution in [0.4, 0.5) is 20.3 Å². The molecule has 0 spiro atoms. The van der Waals surface area contributed by atoms with Gasteiger partial charge in [-0.2, -0.15) is 5.10 Å². The fourth-order valence-corrected chi connectivity index (χ4v) is 7.00. The molecule has 0 bridgehead atoms. The van der Waals surface area contributed by atoms with Crippen LogP contribution in [0.1, 0.15) is 61.0 Å². The lowest BCUT2D eigenvalue weighted by Gasteiger charge is -2.33. The monoisotopic (exact) mass is 559 g/mol. The number of rotatable bonds is 4. The van der Waals surface area contributed by atoms with Gasteiger partial charge in [0.2, 0.25) is 5.91 Å². The molecule has 0 saturated carbocycles. The van der Waals surface area contributed by atoms with Gasteiger partial charge in [0.15, 0.2) is 5.82 Å². The average Bonchev–Trinajstić information content (AvgIpc) is 3.54. The van der Waals surface area contributed by atoms with Crippen molar-refractivity contribution in [2.24, 2.45) is 7.05 Å². The summed E-state index contributed by atoms with van der Waals surface area (Å²) >= 11 is 0. The number of pyridine rings is 1. The smallest absolute Gasteiger partial charge is 0.264 e. The summed E-state index contributed by atoms with van der Waals surface area (Å²) in [6.45, 7) is 5.38. The molecule has 0 atom stereocenters. The second kappa shape index (κ2) is 10.2. The molecule has 3 aromatic heterocycles. The van der Waals surface area contributed by atoms with Crippen LogP contribution in [-0.2, 0) is 31.2 Å². The minimum absolute atomic E-state index is 0.0176. The van der Waals surface area contributed by atoms with Crippen LogP contribution < -0.4 is 10.2 Å². The number of carbonyl (C=O) groups excluding carboxylic acids is 1. The van der Waals surface area contributed by atoms with Crippen molar-refractivity contribution < 1.29 is 13.6 Å². The van der Waals surface area contributed by atoms with Crippen molar-refractivity contribution in [1.29, 1.82) is 0 Å². The van der Waals surface area contributed by atoms with Crippen LogP contribution in [0.2, 0.25) is 0 Å². The lowest BCUT2D eigenvalue weighted by Crippen LogP contribution is -2.36. The molecule has 214 valence electrons. The summed E-state index contributed by atoms with van der Waals surface area (Å²) in [5.74, 6) is 0.859. The number of aromatic nitrogens is 4. The van der Waals surface area contributed by atoms with Gasteiger partial charge in [-0.3, -0.25) is 14.5 Å². The summed E-state index contributed by atoms with van der Waals surface area (Å²) in [4.78, 5) is 20.7. The molecule has 0 aliphatic carbocycles. The van der Waals surface area contributed by atoms with Crippen molar-refractivity contribution in [1.82, 2.24) is 29.5 Å². The Morgan fingerprint density at radius 1 is 1.12 bits per heavy atom. The maximum atomic E-state index is 14.8. The van der Waals surface area contributed by atoms with E-state index in [0.29, 0.717) is 31.2 Å². The first-order valence-electron chi connectivity index (χ1n) is 14.6. The highest BCUT2D eigenvalue weighted by Gasteiger charge is 2.34. The number of aryl methyl sites for hydroxylation is 2. The summed E-state index contributed by atoms with van der Waals surface area (Å²) in [6.07, 6.45) is 7.22. The van der Waals surface area contributed by atoms with Gasteiger partial charge in [-0.1, -0.05) is 0 Å². The molecule has 1 aromatic carbocycles. The summed E-state index contributed by atoms with van der Waals surface area (Å²) in [6, 6.07) is 5.85. The molecule has 1 saturated heterocycles. The molecule has 0 radical (unpaired) electrons. The predicted molar refractivity (Wildman–Crippen MR) is 155 cm³/mol. The first kappa shape index (κ1) is 26.1. The van der Waals surface area contributed by atoms with Crippen molar-refractivity contribution >= 4 is 28.3 Å². The van der Waals surface area contributed by atoms with Gasteiger partial charge in [0.05, 0.1) is 18.1 Å². The highest BCUT2D eigenvalue weighted by atomic mass is 19.3. The lowest BCUT2D eigenvalue weighted by molar-refractivity contribution is -0.129. The predicted octanol–water partition coefficient (Wildman–Crippen LogP) is 5.29. The zero-order chi connectivity index (χ0) is 28.2. The zero-order valence-corrected chi connectivity index (χ0v) is 23.5. The number of nitrogens with one attached hydrogen (secondary N) is 1. The van der Waals surface area contributed by atoms with E-state index in [4.69, 9.17) is 5.10 Å². The maximum Gasteiger partial charge on any atom is 0.264 e. The van der Waals surface area contributed by atoms with E-state index in [0.717, 1.165) is 84.3 Å². The molecule has 1 amide bonds. The van der Waals surface area contributed by atoms with Gasteiger partial charge in [0.25, 0.3) is 6.43 Å². The molecular formula is C31H35F2N7O. The molecule has 8 nitrogen and oxygen atoms in total. The summed E-state index contributed by atoms with van der Waals surface area (Å²) < 4.78 is 33.7. The fraction of sp³-hybridized carbons (Fsp3) is 0.452. The van der Waals surface area contributed by atoms with Crippen LogP contribution in [0.15, 0.2) is 36.8 Å². The molecule has 41 heavy (non-hydrogen) atoms. The van der Waals surface area contributed by atoms with Crippen molar-refractivity contribution in [3.05, 3.63) is 59.2 Å². The van der Waals surface area contributed by atoms with E-state index in [9.17, 15) is 13.6 Å². The summed E-state index contributed by atoms with van der Waals surface area (Å²) in [7, 11) is 1.93. The third-order valence-corrected chi connectivity index (χ3v) is 9.11. The van der Waals surface area contributed by atoms with E-state index < -0.39 is 6.43 Å². The van der Waals surface area contributed by atoms with Gasteiger partial charge < -0.3 is 19.7 Å². The molecule has 3 aliphatic rings. The maximum absolute atomic E-state index is 14.8. The van der Waals surface area contributed by atoms with Gasteiger partial charge in [-0.25, -0.2) is 8.78 Å². The molecule has 0 unspecified atom stereocenters. The van der Waals surface area contributed by atoms with Gasteiger partial charge >= 0.3 is 0 Å². The SMILES string of the molecule is CC(=O)N1CCc2c(c(N3CCCc4cc(-c5cn(C)c6ccncc56)c(C(F)F)cc43)nn2C2CCNCC2)C1. The number of anilines is 2. The van der Waals surface area contributed by atoms with E-state index >= 15 is 0 Å². The number of carbonyl (C=O) groups is 1. The summed E-state index contributed by atoms with van der Waals surface area (Å²) in [5, 5.41) is 9.51. The van der Waals surface area contributed by atoms with E-state index in [1.165, 1.54) is 5.69 Å². The Bertz CT molecular complexity index is 1640. The third-order valence-electron chi connectivity index (χ3n) is 9.11. The fourth-order valence-electron chi connectivity index (χ4n) is 7.00. The molecule has 6 heterocycles. The largest absolute Gasteiger partial charge is 0.350 e. The van der Waals surface area contributed by atoms with Crippen molar-refractivity contribution in [3.63, 3.8) is 0 Å². The topological polar surface area (TPSA) is 71.2 Å². The number of fused-ring (bicyclic) bond motifs is 3. The van der Waals surface area contributed by atoms with Gasteiger partial charge in [0, 0.05) is 85.5 Å². The van der Waals surface area contributed by atoms with Crippen LogP contribution >= 0.6 is 0 Å². The van der Waals surface area contributed by atoms with Crippen molar-refractivity contribution in [2.75, 3.05) is 31.1 Å². The van der Waals surface area contributed by atoms with Gasteiger partial charge in [0.1, 0.15) is 0 Å². The highest BCUT2D eigenvalue weighted by molar-refractivity contribution is 5.97. The molecule has 3 aliphatic heterocycles. The van der Waals surface area contributed by atoms with E-state index in [1.807, 2.05) is 34.8 Å². The molecule has 7 rings (SSSR count). The molecule has 10 heteroatoms. The first-order chi connectivity index (χ1) is 19.9. The second-order valence-electron chi connectivity index (χ2n) is 11.5.